The maximum absolute atomic E-state index is 12.9. The smallest absolute Gasteiger partial charge is 0.294 e. The highest BCUT2D eigenvalue weighted by molar-refractivity contribution is 8.18. The number of nitrogens with zero attached hydrogens (tertiary/aromatic N) is 3. The number of hydrogen-bond acceptors (Lipinski definition) is 9. The van der Waals surface area contributed by atoms with Gasteiger partial charge in [0.1, 0.15) is 18.1 Å². The number of anilines is 2. The number of hydrogen-bond donors (Lipinski definition) is 1. The molecule has 3 amide bonds. The Morgan fingerprint density at radius 2 is 1.79 bits per heavy atom. The quantitative estimate of drug-likeness (QED) is 0.266. The number of carbonyl (C=O) groups excluding carboxylic acids is 3. The van der Waals surface area contributed by atoms with Gasteiger partial charge in [0.05, 0.1) is 40.0 Å². The van der Waals surface area contributed by atoms with Crippen LogP contribution in [0.3, 0.4) is 0 Å². The Morgan fingerprint density at radius 3 is 2.58 bits per heavy atom. The molecule has 38 heavy (non-hydrogen) atoms. The van der Waals surface area contributed by atoms with Crippen LogP contribution in [0, 0.1) is 10.1 Å². The predicted octanol–water partition coefficient (Wildman–Crippen LogP) is 4.37. The Labute approximate surface area is 221 Å². The van der Waals surface area contributed by atoms with E-state index in [1.165, 1.54) is 12.1 Å². The first-order valence-corrected chi connectivity index (χ1v) is 12.5. The molecule has 3 aromatic rings. The van der Waals surface area contributed by atoms with Crippen LogP contribution in [0.5, 0.6) is 0 Å². The van der Waals surface area contributed by atoms with Crippen LogP contribution in [0.2, 0.25) is 0 Å². The van der Waals surface area contributed by atoms with Crippen molar-refractivity contribution in [3.63, 3.8) is 0 Å². The predicted molar refractivity (Wildman–Crippen MR) is 142 cm³/mol. The molecule has 2 aliphatic rings. The number of morpholine rings is 1. The number of amides is 3. The third-order valence-electron chi connectivity index (χ3n) is 5.97. The average Bonchev–Trinajstić information content (AvgIpc) is 3.49. The molecule has 1 aromatic heterocycles. The fourth-order valence-electron chi connectivity index (χ4n) is 4.17. The number of nitro benzene ring substituents is 1. The van der Waals surface area contributed by atoms with Crippen molar-refractivity contribution in [1.29, 1.82) is 0 Å². The van der Waals surface area contributed by atoms with Crippen LogP contribution in [0.25, 0.3) is 17.4 Å². The number of ether oxygens (including phenoxy) is 1. The van der Waals surface area contributed by atoms with Crippen molar-refractivity contribution < 1.29 is 28.5 Å². The first-order chi connectivity index (χ1) is 18.4. The van der Waals surface area contributed by atoms with E-state index in [2.05, 4.69) is 10.2 Å². The van der Waals surface area contributed by atoms with Crippen LogP contribution in [0.1, 0.15) is 5.76 Å². The summed E-state index contributed by atoms with van der Waals surface area (Å²) in [7, 11) is 0. The number of benzene rings is 2. The summed E-state index contributed by atoms with van der Waals surface area (Å²) in [6.07, 6.45) is 1.38. The molecule has 2 aliphatic heterocycles. The largest absolute Gasteiger partial charge is 0.456 e. The minimum atomic E-state index is -0.625. The van der Waals surface area contributed by atoms with E-state index in [4.69, 9.17) is 9.15 Å². The van der Waals surface area contributed by atoms with E-state index in [0.717, 1.165) is 10.6 Å². The molecule has 0 aliphatic carbocycles. The zero-order valence-corrected chi connectivity index (χ0v) is 20.8. The molecule has 0 radical (unpaired) electrons. The van der Waals surface area contributed by atoms with E-state index in [1.54, 1.807) is 42.5 Å². The van der Waals surface area contributed by atoms with Gasteiger partial charge in [-0.25, -0.2) is 0 Å². The zero-order valence-electron chi connectivity index (χ0n) is 20.0. The standard InChI is InChI=1S/C26H22N4O7S/c31-24(27-19-6-2-4-8-21(19)28-11-13-36-14-12-28)16-29-25(32)23(38-26(29)33)15-17-9-10-22(37-17)18-5-1-3-7-20(18)30(34)35/h1-10,15H,11-14,16H2,(H,27,31)/b23-15+. The molecular weight excluding hydrogens is 512 g/mol. The van der Waals surface area contributed by atoms with Gasteiger partial charge in [0, 0.05) is 25.2 Å². The van der Waals surface area contributed by atoms with Gasteiger partial charge in [0.25, 0.3) is 16.8 Å². The van der Waals surface area contributed by atoms with Crippen LogP contribution in [0.15, 0.2) is 70.0 Å². The molecule has 12 heteroatoms. The van der Waals surface area contributed by atoms with Crippen LogP contribution in [-0.4, -0.2) is 59.7 Å². The molecule has 0 unspecified atom stereocenters. The highest BCUT2D eigenvalue weighted by Crippen LogP contribution is 2.35. The van der Waals surface area contributed by atoms with E-state index >= 15 is 0 Å². The maximum atomic E-state index is 12.9. The molecule has 0 saturated carbocycles. The number of furan rings is 1. The van der Waals surface area contributed by atoms with E-state index in [0.29, 0.717) is 49.3 Å². The van der Waals surface area contributed by atoms with E-state index < -0.39 is 28.5 Å². The topological polar surface area (TPSA) is 135 Å². The minimum absolute atomic E-state index is 0.0833. The first-order valence-electron chi connectivity index (χ1n) is 11.7. The average molecular weight is 535 g/mol. The molecule has 11 nitrogen and oxygen atoms in total. The van der Waals surface area contributed by atoms with Crippen molar-refractivity contribution in [2.24, 2.45) is 0 Å². The molecule has 2 aromatic carbocycles. The monoisotopic (exact) mass is 534 g/mol. The maximum Gasteiger partial charge on any atom is 0.294 e. The second-order valence-corrected chi connectivity index (χ2v) is 9.40. The molecule has 3 heterocycles. The van der Waals surface area contributed by atoms with Crippen LogP contribution < -0.4 is 10.2 Å². The number of nitrogens with one attached hydrogen (secondary N) is 1. The molecule has 0 bridgehead atoms. The number of nitro groups is 1. The Hall–Kier alpha value is -4.42. The van der Waals surface area contributed by atoms with Crippen LogP contribution in [0.4, 0.5) is 21.9 Å². The second kappa shape index (κ2) is 10.9. The molecular formula is C26H22N4O7S. The fraction of sp³-hybridized carbons (Fsp3) is 0.192. The summed E-state index contributed by atoms with van der Waals surface area (Å²) in [4.78, 5) is 52.1. The number of imide groups is 1. The molecule has 194 valence electrons. The molecule has 5 rings (SSSR count). The number of carbonyl (C=O) groups is 3. The summed E-state index contributed by atoms with van der Waals surface area (Å²) in [6, 6.07) is 16.6. The van der Waals surface area contributed by atoms with Gasteiger partial charge in [-0.3, -0.25) is 29.4 Å². The van der Waals surface area contributed by atoms with Gasteiger partial charge in [-0.05, 0) is 42.1 Å². The summed E-state index contributed by atoms with van der Waals surface area (Å²) in [5.41, 5.74) is 1.60. The van der Waals surface area contributed by atoms with Gasteiger partial charge in [-0.1, -0.05) is 24.3 Å². The van der Waals surface area contributed by atoms with Gasteiger partial charge >= 0.3 is 0 Å². The summed E-state index contributed by atoms with van der Waals surface area (Å²) in [5, 5.41) is 13.5. The van der Waals surface area contributed by atoms with E-state index in [1.807, 2.05) is 12.1 Å². The molecule has 0 spiro atoms. The fourth-order valence-corrected chi connectivity index (χ4v) is 4.99. The lowest BCUT2D eigenvalue weighted by Gasteiger charge is -2.30. The Kier molecular flexibility index (Phi) is 7.24. The second-order valence-electron chi connectivity index (χ2n) is 8.41. The van der Waals surface area contributed by atoms with Gasteiger partial charge < -0.3 is 19.4 Å². The summed E-state index contributed by atoms with van der Waals surface area (Å²) in [5.74, 6) is -0.639. The highest BCUT2D eigenvalue weighted by atomic mass is 32.2. The Bertz CT molecular complexity index is 1440. The molecule has 2 fully saturated rings. The van der Waals surface area contributed by atoms with Crippen molar-refractivity contribution in [2.75, 3.05) is 43.1 Å². The normalized spacial score (nSPS) is 16.8. The SMILES string of the molecule is O=C(CN1C(=O)S/C(=C/c2ccc(-c3ccccc3[N+](=O)[O-])o2)C1=O)Nc1ccccc1N1CCOCC1. The van der Waals surface area contributed by atoms with E-state index in [-0.39, 0.29) is 22.1 Å². The summed E-state index contributed by atoms with van der Waals surface area (Å²) >= 11 is 0.692. The Morgan fingerprint density at radius 1 is 1.05 bits per heavy atom. The van der Waals surface area contributed by atoms with Gasteiger partial charge in [0.15, 0.2) is 0 Å². The summed E-state index contributed by atoms with van der Waals surface area (Å²) < 4.78 is 11.1. The van der Waals surface area contributed by atoms with Gasteiger partial charge in [-0.2, -0.15) is 0 Å². The van der Waals surface area contributed by atoms with Crippen LogP contribution >= 0.6 is 11.8 Å². The van der Waals surface area contributed by atoms with Crippen molar-refractivity contribution in [1.82, 2.24) is 4.90 Å². The molecule has 0 atom stereocenters. The summed E-state index contributed by atoms with van der Waals surface area (Å²) in [6.45, 7) is 2.11. The Balaban J connectivity index is 1.28. The minimum Gasteiger partial charge on any atom is -0.456 e. The number of thioether (sulfide) groups is 1. The molecule has 1 N–H and O–H groups in total. The lowest BCUT2D eigenvalue weighted by Crippen LogP contribution is -2.38. The van der Waals surface area contributed by atoms with Gasteiger partial charge in [0.2, 0.25) is 5.91 Å². The van der Waals surface area contributed by atoms with Crippen LogP contribution in [-0.2, 0) is 14.3 Å². The molecule has 2 saturated heterocycles. The first kappa shape index (κ1) is 25.2. The van der Waals surface area contributed by atoms with E-state index in [9.17, 15) is 24.5 Å². The van der Waals surface area contributed by atoms with Crippen molar-refractivity contribution in [3.8, 4) is 11.3 Å². The van der Waals surface area contributed by atoms with Crippen molar-refractivity contribution >= 4 is 52.0 Å². The van der Waals surface area contributed by atoms with Crippen molar-refractivity contribution in [3.05, 3.63) is 81.4 Å². The van der Waals surface area contributed by atoms with Gasteiger partial charge in [-0.15, -0.1) is 0 Å². The lowest BCUT2D eigenvalue weighted by molar-refractivity contribution is -0.384. The third kappa shape index (κ3) is 5.31. The number of para-hydroxylation sites is 3. The van der Waals surface area contributed by atoms with Crippen molar-refractivity contribution in [2.45, 2.75) is 0 Å². The lowest BCUT2D eigenvalue weighted by atomic mass is 10.1. The highest BCUT2D eigenvalue weighted by Gasteiger charge is 2.36. The zero-order chi connectivity index (χ0) is 26.6. The third-order valence-corrected chi connectivity index (χ3v) is 6.88. The number of rotatable bonds is 7.